The van der Waals surface area contributed by atoms with Crippen molar-refractivity contribution in [1.29, 1.82) is 5.26 Å². The Hall–Kier alpha value is -1.83. The maximum atomic E-state index is 10.3. The molecule has 1 aromatic heterocycles. The Morgan fingerprint density at radius 1 is 1.90 bits per heavy atom. The predicted molar refractivity (Wildman–Crippen MR) is 29.7 cm³/mol. The second-order valence-electron chi connectivity index (χ2n) is 1.51. The van der Waals surface area contributed by atoms with Gasteiger partial charge in [-0.15, -0.1) is 0 Å². The van der Waals surface area contributed by atoms with E-state index in [-0.39, 0.29) is 11.7 Å². The summed E-state index contributed by atoms with van der Waals surface area (Å²) in [6.07, 6.45) is 1.11. The van der Waals surface area contributed by atoms with Gasteiger partial charge in [-0.3, -0.25) is 4.79 Å². The van der Waals surface area contributed by atoms with Crippen LogP contribution in [-0.2, 0) is 0 Å². The molecule has 0 radical (unpaired) electrons. The van der Waals surface area contributed by atoms with Crippen LogP contribution >= 0.6 is 0 Å². The number of primary amides is 1. The third-order valence-corrected chi connectivity index (χ3v) is 0.844. The van der Waals surface area contributed by atoms with Crippen LogP contribution in [0.3, 0.4) is 0 Å². The van der Waals surface area contributed by atoms with Gasteiger partial charge >= 0.3 is 5.89 Å². The van der Waals surface area contributed by atoms with Gasteiger partial charge in [0.1, 0.15) is 0 Å². The lowest BCUT2D eigenvalue weighted by Crippen LogP contribution is -2.09. The Bertz CT molecular complexity index is 296. The van der Waals surface area contributed by atoms with Gasteiger partial charge in [0.15, 0.2) is 6.07 Å². The minimum atomic E-state index is -0.728. The van der Waals surface area contributed by atoms with Crippen LogP contribution in [-0.4, -0.2) is 10.9 Å². The molecule has 2 N–H and O–H groups in total. The summed E-state index contributed by atoms with van der Waals surface area (Å²) in [5.41, 5.74) is 4.80. The van der Waals surface area contributed by atoms with Gasteiger partial charge in [-0.2, -0.15) is 5.26 Å². The lowest BCUT2D eigenvalue weighted by molar-refractivity contribution is 0.0973. The van der Waals surface area contributed by atoms with Gasteiger partial charge in [0, 0.05) is 0 Å². The van der Waals surface area contributed by atoms with Crippen molar-refractivity contribution in [3.8, 4) is 6.07 Å². The van der Waals surface area contributed by atoms with Gasteiger partial charge in [-0.05, 0) is 0 Å². The molecule has 0 spiro atoms. The third kappa shape index (κ3) is 0.951. The van der Waals surface area contributed by atoms with Crippen molar-refractivity contribution in [2.45, 2.75) is 0 Å². The molecule has 0 fully saturated rings. The average molecular weight is 137 g/mol. The highest BCUT2D eigenvalue weighted by Crippen LogP contribution is 1.99. The number of hydrogen-bond acceptors (Lipinski definition) is 4. The van der Waals surface area contributed by atoms with E-state index < -0.39 is 5.91 Å². The molecule has 0 aliphatic carbocycles. The van der Waals surface area contributed by atoms with Crippen molar-refractivity contribution < 1.29 is 9.21 Å². The molecule has 0 saturated heterocycles. The summed E-state index contributed by atoms with van der Waals surface area (Å²) >= 11 is 0. The Labute approximate surface area is 56.1 Å². The molecule has 1 rings (SSSR count). The number of aromatic nitrogens is 1. The normalized spacial score (nSPS) is 8.70. The zero-order valence-electron chi connectivity index (χ0n) is 4.87. The standard InChI is InChI=1S/C5H3N3O2/c6-1-4-8-2-3(10-4)5(7)9/h2H,(H2,7,9). The first-order valence-electron chi connectivity index (χ1n) is 2.40. The quantitative estimate of drug-likeness (QED) is 0.572. The number of carbonyl (C=O) groups excluding carboxylic acids is 1. The van der Waals surface area contributed by atoms with Crippen LogP contribution in [0.2, 0.25) is 0 Å². The summed E-state index contributed by atoms with van der Waals surface area (Å²) in [5.74, 6) is -0.987. The zero-order chi connectivity index (χ0) is 7.56. The fourth-order valence-corrected chi connectivity index (χ4v) is 0.440. The molecule has 10 heavy (non-hydrogen) atoms. The van der Waals surface area contributed by atoms with E-state index in [1.807, 2.05) is 0 Å². The Morgan fingerprint density at radius 3 is 2.90 bits per heavy atom. The van der Waals surface area contributed by atoms with E-state index in [1.165, 1.54) is 0 Å². The van der Waals surface area contributed by atoms with E-state index in [4.69, 9.17) is 11.0 Å². The third-order valence-electron chi connectivity index (χ3n) is 0.844. The summed E-state index contributed by atoms with van der Waals surface area (Å²) in [6, 6.07) is 1.62. The molecular formula is C5H3N3O2. The van der Waals surface area contributed by atoms with Crippen LogP contribution in [0.15, 0.2) is 10.6 Å². The molecule has 0 saturated carbocycles. The summed E-state index contributed by atoms with van der Waals surface area (Å²) in [7, 11) is 0. The van der Waals surface area contributed by atoms with Crippen LogP contribution in [0.1, 0.15) is 16.4 Å². The van der Waals surface area contributed by atoms with Gasteiger partial charge in [-0.25, -0.2) is 4.98 Å². The van der Waals surface area contributed by atoms with Gasteiger partial charge < -0.3 is 10.2 Å². The van der Waals surface area contributed by atoms with Gasteiger partial charge in [-0.1, -0.05) is 0 Å². The first-order valence-corrected chi connectivity index (χ1v) is 2.40. The Kier molecular flexibility index (Phi) is 1.38. The summed E-state index contributed by atoms with van der Waals surface area (Å²) in [4.78, 5) is 13.7. The van der Waals surface area contributed by atoms with Gasteiger partial charge in [0.05, 0.1) is 6.20 Å². The molecule has 50 valence electrons. The fraction of sp³-hybridized carbons (Fsp3) is 0. The maximum Gasteiger partial charge on any atom is 0.301 e. The molecule has 0 unspecified atom stereocenters. The van der Waals surface area contributed by atoms with E-state index in [0.29, 0.717) is 0 Å². The summed E-state index contributed by atoms with van der Waals surface area (Å²) in [6.45, 7) is 0. The molecule has 0 bridgehead atoms. The number of rotatable bonds is 1. The van der Waals surface area contributed by atoms with E-state index in [0.717, 1.165) is 6.20 Å². The number of nitriles is 1. The van der Waals surface area contributed by atoms with E-state index in [1.54, 1.807) is 6.07 Å². The predicted octanol–water partition coefficient (Wildman–Crippen LogP) is -0.355. The first-order chi connectivity index (χ1) is 4.74. The molecule has 0 aliphatic heterocycles. The van der Waals surface area contributed by atoms with Gasteiger partial charge in [0.2, 0.25) is 5.76 Å². The molecular weight excluding hydrogens is 134 g/mol. The molecule has 1 heterocycles. The number of oxazole rings is 1. The maximum absolute atomic E-state index is 10.3. The van der Waals surface area contributed by atoms with Crippen molar-refractivity contribution in [3.63, 3.8) is 0 Å². The SMILES string of the molecule is N#Cc1ncc(C(N)=O)o1. The van der Waals surface area contributed by atoms with Crippen LogP contribution in [0, 0.1) is 11.3 Å². The lowest BCUT2D eigenvalue weighted by atomic mass is 10.5. The molecule has 1 amide bonds. The minimum Gasteiger partial charge on any atom is -0.423 e. The van der Waals surface area contributed by atoms with Crippen molar-refractivity contribution >= 4 is 5.91 Å². The smallest absolute Gasteiger partial charge is 0.301 e. The van der Waals surface area contributed by atoms with Crippen molar-refractivity contribution in [2.75, 3.05) is 0 Å². The Balaban J connectivity index is 3.02. The molecule has 5 heteroatoms. The van der Waals surface area contributed by atoms with E-state index in [9.17, 15) is 4.79 Å². The average Bonchev–Trinajstić information content (AvgIpc) is 2.34. The lowest BCUT2D eigenvalue weighted by Gasteiger charge is -1.80. The fourth-order valence-electron chi connectivity index (χ4n) is 0.440. The van der Waals surface area contributed by atoms with Crippen LogP contribution < -0.4 is 5.73 Å². The Morgan fingerprint density at radius 2 is 2.60 bits per heavy atom. The number of hydrogen-bond donors (Lipinski definition) is 1. The van der Waals surface area contributed by atoms with E-state index in [2.05, 4.69) is 9.40 Å². The zero-order valence-corrected chi connectivity index (χ0v) is 4.87. The molecule has 0 aliphatic rings. The number of carbonyl (C=O) groups is 1. The first kappa shape index (κ1) is 6.29. The molecule has 0 aromatic carbocycles. The molecule has 5 nitrogen and oxygen atoms in total. The minimum absolute atomic E-state index is 0.100. The number of amides is 1. The highest BCUT2D eigenvalue weighted by Gasteiger charge is 2.06. The monoisotopic (exact) mass is 137 g/mol. The largest absolute Gasteiger partial charge is 0.423 e. The van der Waals surface area contributed by atoms with Crippen molar-refractivity contribution in [1.82, 2.24) is 4.98 Å². The van der Waals surface area contributed by atoms with Crippen molar-refractivity contribution in [2.24, 2.45) is 5.73 Å². The van der Waals surface area contributed by atoms with E-state index >= 15 is 0 Å². The van der Waals surface area contributed by atoms with Gasteiger partial charge in [0.25, 0.3) is 5.91 Å². The highest BCUT2D eigenvalue weighted by molar-refractivity contribution is 5.89. The second-order valence-corrected chi connectivity index (χ2v) is 1.51. The second kappa shape index (κ2) is 2.19. The molecule has 1 aromatic rings. The van der Waals surface area contributed by atoms with Crippen LogP contribution in [0.5, 0.6) is 0 Å². The number of nitrogens with zero attached hydrogens (tertiary/aromatic N) is 2. The van der Waals surface area contributed by atoms with Crippen LogP contribution in [0.4, 0.5) is 0 Å². The summed E-state index contributed by atoms with van der Waals surface area (Å²) < 4.78 is 4.55. The van der Waals surface area contributed by atoms with Crippen molar-refractivity contribution in [3.05, 3.63) is 17.8 Å². The highest BCUT2D eigenvalue weighted by atomic mass is 16.4. The number of nitrogens with two attached hydrogens (primary N) is 1. The summed E-state index contributed by atoms with van der Waals surface area (Å²) in [5, 5.41) is 8.17. The molecule has 0 atom stereocenters. The topological polar surface area (TPSA) is 92.9 Å². The van der Waals surface area contributed by atoms with Crippen LogP contribution in [0.25, 0.3) is 0 Å².